The molecule has 0 spiro atoms. The predicted molar refractivity (Wildman–Crippen MR) is 186 cm³/mol. The van der Waals surface area contributed by atoms with E-state index in [1.54, 1.807) is 55.0 Å². The number of ether oxygens (including phenoxy) is 4. The lowest BCUT2D eigenvalue weighted by molar-refractivity contribution is -0.139. The molecule has 5 rings (SSSR count). The van der Waals surface area contributed by atoms with Crippen LogP contribution in [0.1, 0.15) is 59.8 Å². The quantitative estimate of drug-likeness (QED) is 0.149. The summed E-state index contributed by atoms with van der Waals surface area (Å²) in [7, 11) is 3.08. The molecule has 2 heterocycles. The van der Waals surface area contributed by atoms with Crippen molar-refractivity contribution in [3.63, 3.8) is 0 Å². The fraction of sp³-hybridized carbons (Fsp3) is 0.257. The van der Waals surface area contributed by atoms with Crippen molar-refractivity contribution in [1.82, 2.24) is 4.57 Å². The summed E-state index contributed by atoms with van der Waals surface area (Å²) < 4.78 is 25.6. The fourth-order valence-corrected chi connectivity index (χ4v) is 7.17. The number of methoxy groups -OCH3 is 2. The minimum absolute atomic E-state index is 0.136. The molecule has 0 bridgehead atoms. The molecule has 1 N–H and O–H groups in total. The van der Waals surface area contributed by atoms with E-state index >= 15 is 0 Å². The number of carbonyl (C=O) groups excluding carboxylic acids is 1. The minimum Gasteiger partial charge on any atom is -0.496 e. The summed E-state index contributed by atoms with van der Waals surface area (Å²) in [5.41, 5.74) is 2.82. The van der Waals surface area contributed by atoms with Crippen molar-refractivity contribution < 1.29 is 33.6 Å². The highest BCUT2D eigenvalue weighted by atomic mass is 127. The fourth-order valence-electron chi connectivity index (χ4n) is 5.37. The number of esters is 1. The van der Waals surface area contributed by atoms with Crippen LogP contribution in [0.4, 0.5) is 0 Å². The van der Waals surface area contributed by atoms with Crippen LogP contribution in [-0.2, 0) is 16.1 Å². The molecule has 3 aromatic carbocycles. The first-order valence-electron chi connectivity index (χ1n) is 14.9. The molecule has 1 aliphatic heterocycles. The first kappa shape index (κ1) is 33.9. The van der Waals surface area contributed by atoms with Gasteiger partial charge in [-0.2, -0.15) is 0 Å². The van der Waals surface area contributed by atoms with Crippen LogP contribution in [0, 0.1) is 3.57 Å². The molecule has 0 aliphatic carbocycles. The number of carbonyl (C=O) groups is 2. The molecule has 0 radical (unpaired) electrons. The van der Waals surface area contributed by atoms with Crippen molar-refractivity contribution in [3.8, 4) is 17.2 Å². The highest BCUT2D eigenvalue weighted by Gasteiger charge is 2.35. The molecule has 0 saturated carbocycles. The molecule has 0 fully saturated rings. The number of carboxylic acid groups (broad SMARTS) is 1. The summed E-state index contributed by atoms with van der Waals surface area (Å²) in [5.74, 6) is -0.0499. The molecule has 1 aromatic heterocycles. The number of halogens is 1. The number of aromatic nitrogens is 1. The Bertz CT molecular complexity index is 2050. The van der Waals surface area contributed by atoms with Crippen molar-refractivity contribution in [3.05, 3.63) is 117 Å². The molecular formula is C35H33IN2O8S. The standard InChI is InChI=1S/C35H33IN2O8S/c1-5-10-25-29(34(42)45-6-2)30(23-13-7-8-14-26(23)43-3)38-32(39)28(47-35(38)37-25)18-21-16-24(36)31(27(17-21)44-4)46-19-20-11-9-12-22(15-20)33(40)41/h7-9,11-18,30H,5-6,10,19H2,1-4H3,(H,40,41)/b28-18-/t30-/m1/s1. The highest BCUT2D eigenvalue weighted by molar-refractivity contribution is 14.1. The number of thiazole rings is 1. The van der Waals surface area contributed by atoms with Crippen LogP contribution >= 0.6 is 33.9 Å². The molecule has 1 aliphatic rings. The Labute approximate surface area is 288 Å². The third-order valence-corrected chi connectivity index (χ3v) is 9.22. The SMILES string of the molecule is CCCC1=C(C(=O)OCC)[C@@H](c2ccccc2OC)n2c(s/c(=C\c3cc(I)c(OCc4cccc(C(=O)O)c4)c(OC)c3)c2=O)=N1. The second-order valence-corrected chi connectivity index (χ2v) is 12.7. The van der Waals surface area contributed by atoms with E-state index in [0.29, 0.717) is 61.0 Å². The van der Waals surface area contributed by atoms with Gasteiger partial charge in [-0.05, 0) is 83.5 Å². The summed E-state index contributed by atoms with van der Waals surface area (Å²) in [5, 5.41) is 9.31. The smallest absolute Gasteiger partial charge is 0.338 e. The number of para-hydroxylation sites is 1. The van der Waals surface area contributed by atoms with E-state index in [1.807, 2.05) is 31.2 Å². The number of carboxylic acids is 1. The Hall–Kier alpha value is -4.43. The third kappa shape index (κ3) is 7.13. The summed E-state index contributed by atoms with van der Waals surface area (Å²) in [4.78, 5) is 44.3. The van der Waals surface area contributed by atoms with Crippen molar-refractivity contribution in [1.29, 1.82) is 0 Å². The molecule has 10 nitrogen and oxygen atoms in total. The Morgan fingerprint density at radius 2 is 1.81 bits per heavy atom. The first-order chi connectivity index (χ1) is 22.7. The lowest BCUT2D eigenvalue weighted by Gasteiger charge is -2.26. The second kappa shape index (κ2) is 15.0. The van der Waals surface area contributed by atoms with Crippen LogP contribution in [0.25, 0.3) is 6.08 Å². The Balaban J connectivity index is 1.60. The molecular weight excluding hydrogens is 735 g/mol. The van der Waals surface area contributed by atoms with E-state index < -0.39 is 18.0 Å². The highest BCUT2D eigenvalue weighted by Crippen LogP contribution is 2.37. The van der Waals surface area contributed by atoms with Crippen molar-refractivity contribution >= 4 is 51.9 Å². The summed E-state index contributed by atoms with van der Waals surface area (Å²) in [6.07, 6.45) is 3.04. The van der Waals surface area contributed by atoms with Crippen LogP contribution < -0.4 is 29.1 Å². The molecule has 244 valence electrons. The zero-order chi connectivity index (χ0) is 33.7. The van der Waals surface area contributed by atoms with Gasteiger partial charge in [0.15, 0.2) is 16.3 Å². The monoisotopic (exact) mass is 768 g/mol. The third-order valence-electron chi connectivity index (χ3n) is 7.43. The van der Waals surface area contributed by atoms with Gasteiger partial charge in [0.2, 0.25) is 0 Å². The van der Waals surface area contributed by atoms with Crippen LogP contribution in [0.5, 0.6) is 17.2 Å². The van der Waals surface area contributed by atoms with Crippen LogP contribution in [0.3, 0.4) is 0 Å². The van der Waals surface area contributed by atoms with Gasteiger partial charge in [-0.3, -0.25) is 9.36 Å². The number of benzene rings is 3. The van der Waals surface area contributed by atoms with E-state index in [-0.39, 0.29) is 24.3 Å². The van der Waals surface area contributed by atoms with E-state index in [0.717, 1.165) is 9.99 Å². The minimum atomic E-state index is -1.01. The Morgan fingerprint density at radius 3 is 2.51 bits per heavy atom. The van der Waals surface area contributed by atoms with Gasteiger partial charge in [0, 0.05) is 5.56 Å². The second-order valence-electron chi connectivity index (χ2n) is 10.5. The largest absolute Gasteiger partial charge is 0.496 e. The number of aromatic carboxylic acids is 1. The summed E-state index contributed by atoms with van der Waals surface area (Å²) >= 11 is 3.38. The van der Waals surface area contributed by atoms with Gasteiger partial charge in [0.1, 0.15) is 18.4 Å². The van der Waals surface area contributed by atoms with Gasteiger partial charge in [-0.25, -0.2) is 14.6 Å². The van der Waals surface area contributed by atoms with Gasteiger partial charge in [-0.15, -0.1) is 0 Å². The normalized spacial score (nSPS) is 14.3. The maximum Gasteiger partial charge on any atom is 0.338 e. The zero-order valence-electron chi connectivity index (χ0n) is 26.2. The molecule has 1 atom stereocenters. The first-order valence-corrected chi connectivity index (χ1v) is 16.8. The molecule has 0 saturated heterocycles. The molecule has 0 amide bonds. The van der Waals surface area contributed by atoms with E-state index in [1.165, 1.54) is 24.5 Å². The topological polar surface area (TPSA) is 126 Å². The maximum absolute atomic E-state index is 14.2. The van der Waals surface area contributed by atoms with Gasteiger partial charge in [0.05, 0.1) is 45.8 Å². The zero-order valence-corrected chi connectivity index (χ0v) is 29.2. The lowest BCUT2D eigenvalue weighted by Crippen LogP contribution is -2.40. The number of allylic oxidation sites excluding steroid dienone is 1. The van der Waals surface area contributed by atoms with Gasteiger partial charge >= 0.3 is 11.9 Å². The number of hydrogen-bond donors (Lipinski definition) is 1. The number of fused-ring (bicyclic) bond motifs is 1. The van der Waals surface area contributed by atoms with Gasteiger partial charge in [-0.1, -0.05) is 55.0 Å². The number of rotatable bonds is 12. The molecule has 0 unspecified atom stereocenters. The van der Waals surface area contributed by atoms with Gasteiger partial charge in [0.25, 0.3) is 5.56 Å². The van der Waals surface area contributed by atoms with Gasteiger partial charge < -0.3 is 24.1 Å². The number of hydrogen-bond acceptors (Lipinski definition) is 9. The van der Waals surface area contributed by atoms with Crippen LogP contribution in [0.2, 0.25) is 0 Å². The summed E-state index contributed by atoms with van der Waals surface area (Å²) in [6, 6.07) is 16.7. The van der Waals surface area contributed by atoms with E-state index in [2.05, 4.69) is 22.6 Å². The van der Waals surface area contributed by atoms with Crippen molar-refractivity contribution in [2.24, 2.45) is 4.99 Å². The van der Waals surface area contributed by atoms with Crippen molar-refractivity contribution in [2.45, 2.75) is 39.3 Å². The van der Waals surface area contributed by atoms with E-state index in [9.17, 15) is 19.5 Å². The van der Waals surface area contributed by atoms with Crippen LogP contribution in [-0.4, -0.2) is 42.4 Å². The Morgan fingerprint density at radius 1 is 1.04 bits per heavy atom. The predicted octanol–water partition coefficient (Wildman–Crippen LogP) is 5.48. The van der Waals surface area contributed by atoms with Crippen molar-refractivity contribution in [2.75, 3.05) is 20.8 Å². The van der Waals surface area contributed by atoms with Crippen LogP contribution in [0.15, 0.2) is 81.7 Å². The average Bonchev–Trinajstić information content (AvgIpc) is 3.37. The molecule has 47 heavy (non-hydrogen) atoms. The lowest BCUT2D eigenvalue weighted by atomic mass is 9.93. The number of nitrogens with zero attached hydrogens (tertiary/aromatic N) is 2. The average molecular weight is 769 g/mol. The maximum atomic E-state index is 14.2. The summed E-state index contributed by atoms with van der Waals surface area (Å²) in [6.45, 7) is 4.07. The molecule has 12 heteroatoms. The van der Waals surface area contributed by atoms with E-state index in [4.69, 9.17) is 23.9 Å². The Kier molecular flexibility index (Phi) is 10.8. The molecule has 4 aromatic rings.